The molecule has 0 N–H and O–H groups in total. The van der Waals surface area contributed by atoms with Gasteiger partial charge in [-0.3, -0.25) is 4.79 Å². The zero-order valence-electron chi connectivity index (χ0n) is 9.51. The summed E-state index contributed by atoms with van der Waals surface area (Å²) < 4.78 is 0.941. The lowest BCUT2D eigenvalue weighted by molar-refractivity contribution is 0.103. The first-order valence-corrected chi connectivity index (χ1v) is 7.09. The van der Waals surface area contributed by atoms with Crippen molar-refractivity contribution in [3.8, 4) is 0 Å². The minimum atomic E-state index is -0.101. The topological polar surface area (TPSA) is 17.1 Å². The lowest BCUT2D eigenvalue weighted by Gasteiger charge is -2.08. The van der Waals surface area contributed by atoms with Gasteiger partial charge in [0, 0.05) is 19.7 Å². The first kappa shape index (κ1) is 13.8. The van der Waals surface area contributed by atoms with E-state index < -0.39 is 0 Å². The number of aryl methyl sites for hydroxylation is 1. The molecule has 0 radical (unpaired) electrons. The number of benzene rings is 2. The zero-order chi connectivity index (χ0) is 13.3. The third kappa shape index (κ3) is 2.71. The van der Waals surface area contributed by atoms with Crippen LogP contribution in [0.3, 0.4) is 0 Å². The second-order valence-corrected chi connectivity index (χ2v) is 5.81. The van der Waals surface area contributed by atoms with Gasteiger partial charge in [0.25, 0.3) is 0 Å². The molecule has 0 unspecified atom stereocenters. The summed E-state index contributed by atoms with van der Waals surface area (Å²) in [5.74, 6) is -0.101. The maximum atomic E-state index is 12.4. The molecule has 0 aromatic heterocycles. The molecular formula is C14H9Cl2IO. The number of ketones is 1. The third-order valence-electron chi connectivity index (χ3n) is 2.61. The summed E-state index contributed by atoms with van der Waals surface area (Å²) in [7, 11) is 0. The normalized spacial score (nSPS) is 10.4. The summed E-state index contributed by atoms with van der Waals surface area (Å²) >= 11 is 14.1. The van der Waals surface area contributed by atoms with E-state index in [1.165, 1.54) is 0 Å². The molecule has 2 rings (SSSR count). The van der Waals surface area contributed by atoms with Crippen LogP contribution in [-0.2, 0) is 0 Å². The molecule has 0 aliphatic rings. The molecule has 2 aromatic carbocycles. The van der Waals surface area contributed by atoms with Crippen LogP contribution in [0.15, 0.2) is 36.4 Å². The number of rotatable bonds is 2. The van der Waals surface area contributed by atoms with Gasteiger partial charge in [-0.25, -0.2) is 0 Å². The molecule has 0 aliphatic carbocycles. The summed E-state index contributed by atoms with van der Waals surface area (Å²) in [6.07, 6.45) is 0. The van der Waals surface area contributed by atoms with Crippen LogP contribution in [0.2, 0.25) is 10.0 Å². The van der Waals surface area contributed by atoms with E-state index in [9.17, 15) is 4.79 Å². The number of hydrogen-bond donors (Lipinski definition) is 0. The van der Waals surface area contributed by atoms with Gasteiger partial charge in [0.1, 0.15) is 0 Å². The minimum Gasteiger partial charge on any atom is -0.289 e. The summed E-state index contributed by atoms with van der Waals surface area (Å²) in [4.78, 5) is 12.4. The molecule has 0 fully saturated rings. The van der Waals surface area contributed by atoms with Crippen LogP contribution < -0.4 is 0 Å². The number of carbonyl (C=O) groups excluding carboxylic acids is 1. The number of halogens is 3. The van der Waals surface area contributed by atoms with E-state index in [1.807, 2.05) is 19.1 Å². The molecule has 0 spiro atoms. The van der Waals surface area contributed by atoms with Crippen LogP contribution in [0.25, 0.3) is 0 Å². The largest absolute Gasteiger partial charge is 0.289 e. The maximum Gasteiger partial charge on any atom is 0.195 e. The second-order valence-electron chi connectivity index (χ2n) is 3.89. The van der Waals surface area contributed by atoms with Gasteiger partial charge in [-0.05, 0) is 59.3 Å². The fraction of sp³-hybridized carbons (Fsp3) is 0.0714. The van der Waals surface area contributed by atoms with Crippen molar-refractivity contribution in [2.24, 2.45) is 0 Å². The smallest absolute Gasteiger partial charge is 0.195 e. The molecule has 1 nitrogen and oxygen atoms in total. The van der Waals surface area contributed by atoms with Crippen molar-refractivity contribution in [3.05, 3.63) is 66.7 Å². The Bertz CT molecular complexity index is 619. The lowest BCUT2D eigenvalue weighted by atomic mass is 10.0. The monoisotopic (exact) mass is 390 g/mol. The SMILES string of the molecule is Cc1cccc(C(=O)c2cc(Cl)ccc2Cl)c1I. The van der Waals surface area contributed by atoms with Gasteiger partial charge in [-0.15, -0.1) is 0 Å². The van der Waals surface area contributed by atoms with Crippen LogP contribution >= 0.6 is 45.8 Å². The van der Waals surface area contributed by atoms with E-state index in [0.717, 1.165) is 9.13 Å². The van der Waals surface area contributed by atoms with Gasteiger partial charge in [0.2, 0.25) is 0 Å². The quantitative estimate of drug-likeness (QED) is 0.512. The van der Waals surface area contributed by atoms with E-state index in [2.05, 4.69) is 22.6 Å². The van der Waals surface area contributed by atoms with Crippen molar-refractivity contribution in [2.75, 3.05) is 0 Å². The van der Waals surface area contributed by atoms with Crippen LogP contribution in [-0.4, -0.2) is 5.78 Å². The number of hydrogen-bond acceptors (Lipinski definition) is 1. The molecule has 0 saturated heterocycles. The van der Waals surface area contributed by atoms with Crippen molar-refractivity contribution >= 4 is 51.6 Å². The van der Waals surface area contributed by atoms with Gasteiger partial charge in [0.15, 0.2) is 5.78 Å². The molecule has 2 aromatic rings. The zero-order valence-corrected chi connectivity index (χ0v) is 13.2. The fourth-order valence-electron chi connectivity index (χ4n) is 1.64. The molecule has 18 heavy (non-hydrogen) atoms. The van der Waals surface area contributed by atoms with Crippen molar-refractivity contribution in [1.82, 2.24) is 0 Å². The van der Waals surface area contributed by atoms with Crippen molar-refractivity contribution < 1.29 is 4.79 Å². The molecule has 0 bridgehead atoms. The van der Waals surface area contributed by atoms with Crippen molar-refractivity contribution in [2.45, 2.75) is 6.92 Å². The Morgan fingerprint density at radius 3 is 2.56 bits per heavy atom. The lowest BCUT2D eigenvalue weighted by Crippen LogP contribution is -2.05. The van der Waals surface area contributed by atoms with Gasteiger partial charge >= 0.3 is 0 Å². The Morgan fingerprint density at radius 1 is 1.11 bits per heavy atom. The summed E-state index contributed by atoms with van der Waals surface area (Å²) in [5.41, 5.74) is 2.16. The summed E-state index contributed by atoms with van der Waals surface area (Å²) in [6.45, 7) is 1.97. The van der Waals surface area contributed by atoms with Crippen LogP contribution in [0.1, 0.15) is 21.5 Å². The predicted molar refractivity (Wildman–Crippen MR) is 83.8 cm³/mol. The van der Waals surface area contributed by atoms with Gasteiger partial charge in [-0.2, -0.15) is 0 Å². The van der Waals surface area contributed by atoms with Crippen LogP contribution in [0, 0.1) is 10.5 Å². The third-order valence-corrected chi connectivity index (χ3v) is 4.61. The van der Waals surface area contributed by atoms with Gasteiger partial charge in [0.05, 0.1) is 5.02 Å². The van der Waals surface area contributed by atoms with Gasteiger partial charge in [-0.1, -0.05) is 35.3 Å². The van der Waals surface area contributed by atoms with Crippen LogP contribution in [0.5, 0.6) is 0 Å². The standard InChI is InChI=1S/C14H9Cl2IO/c1-8-3-2-4-10(13(8)17)14(18)11-7-9(15)5-6-12(11)16/h2-7H,1H3. The van der Waals surface area contributed by atoms with E-state index in [-0.39, 0.29) is 5.78 Å². The molecule has 92 valence electrons. The maximum absolute atomic E-state index is 12.4. The molecule has 0 amide bonds. The van der Waals surface area contributed by atoms with E-state index in [4.69, 9.17) is 23.2 Å². The molecule has 0 aliphatic heterocycles. The van der Waals surface area contributed by atoms with Crippen molar-refractivity contribution in [3.63, 3.8) is 0 Å². The summed E-state index contributed by atoms with van der Waals surface area (Å²) in [6, 6.07) is 10.5. The Morgan fingerprint density at radius 2 is 1.83 bits per heavy atom. The number of carbonyl (C=O) groups is 1. The highest BCUT2D eigenvalue weighted by Crippen LogP contribution is 2.26. The Balaban J connectivity index is 2.55. The van der Waals surface area contributed by atoms with E-state index in [1.54, 1.807) is 24.3 Å². The fourth-order valence-corrected chi connectivity index (χ4v) is 2.62. The Hall–Kier alpha value is -0.580. The molecule has 0 heterocycles. The Labute approximate surface area is 129 Å². The average Bonchev–Trinajstić information content (AvgIpc) is 2.35. The second kappa shape index (κ2) is 5.59. The summed E-state index contributed by atoms with van der Waals surface area (Å²) in [5, 5.41) is 0.923. The van der Waals surface area contributed by atoms with Crippen LogP contribution in [0.4, 0.5) is 0 Å². The predicted octanol–water partition coefficient (Wildman–Crippen LogP) is 5.14. The minimum absolute atomic E-state index is 0.101. The average molecular weight is 391 g/mol. The molecule has 0 saturated carbocycles. The first-order chi connectivity index (χ1) is 8.50. The highest BCUT2D eigenvalue weighted by atomic mass is 127. The molecule has 4 heteroatoms. The first-order valence-electron chi connectivity index (χ1n) is 5.25. The highest BCUT2D eigenvalue weighted by molar-refractivity contribution is 14.1. The van der Waals surface area contributed by atoms with E-state index >= 15 is 0 Å². The van der Waals surface area contributed by atoms with Crippen molar-refractivity contribution in [1.29, 1.82) is 0 Å². The highest BCUT2D eigenvalue weighted by Gasteiger charge is 2.16. The molecular weight excluding hydrogens is 382 g/mol. The van der Waals surface area contributed by atoms with Gasteiger partial charge < -0.3 is 0 Å². The van der Waals surface area contributed by atoms with E-state index in [0.29, 0.717) is 21.2 Å². The Kier molecular flexibility index (Phi) is 4.30. The molecule has 0 atom stereocenters.